The lowest BCUT2D eigenvalue weighted by atomic mass is 10.0. The van der Waals surface area contributed by atoms with Gasteiger partial charge < -0.3 is 15.7 Å². The highest BCUT2D eigenvalue weighted by atomic mass is 16.3. The van der Waals surface area contributed by atoms with E-state index in [1.54, 1.807) is 12.4 Å². The van der Waals surface area contributed by atoms with Gasteiger partial charge in [-0.05, 0) is 19.4 Å². The van der Waals surface area contributed by atoms with Gasteiger partial charge in [0.1, 0.15) is 0 Å². The summed E-state index contributed by atoms with van der Waals surface area (Å²) >= 11 is 0. The molecular formula is C12H21N3O. The van der Waals surface area contributed by atoms with E-state index in [0.29, 0.717) is 6.54 Å². The lowest BCUT2D eigenvalue weighted by Crippen LogP contribution is -2.33. The molecule has 1 atom stereocenters. The summed E-state index contributed by atoms with van der Waals surface area (Å²) in [5.41, 5.74) is 1.22. The van der Waals surface area contributed by atoms with Crippen LogP contribution in [0, 0.1) is 0 Å². The van der Waals surface area contributed by atoms with Gasteiger partial charge in [-0.15, -0.1) is 0 Å². The van der Waals surface area contributed by atoms with Crippen molar-refractivity contribution in [1.82, 2.24) is 4.98 Å². The quantitative estimate of drug-likeness (QED) is 0.691. The molecule has 3 N–H and O–H groups in total. The van der Waals surface area contributed by atoms with Gasteiger partial charge >= 0.3 is 0 Å². The molecule has 1 aromatic rings. The van der Waals surface area contributed by atoms with E-state index in [1.165, 1.54) is 0 Å². The zero-order valence-electron chi connectivity index (χ0n) is 10.2. The van der Waals surface area contributed by atoms with Crippen molar-refractivity contribution in [1.29, 1.82) is 0 Å². The minimum absolute atomic E-state index is 0.537. The van der Waals surface area contributed by atoms with E-state index in [0.717, 1.165) is 24.2 Å². The van der Waals surface area contributed by atoms with Crippen LogP contribution in [0.4, 0.5) is 11.4 Å². The second kappa shape index (κ2) is 5.70. The van der Waals surface area contributed by atoms with Crippen molar-refractivity contribution in [2.24, 2.45) is 0 Å². The van der Waals surface area contributed by atoms with E-state index in [2.05, 4.69) is 22.5 Å². The lowest BCUT2D eigenvalue weighted by molar-refractivity contribution is 0.0637. The van der Waals surface area contributed by atoms with Crippen LogP contribution in [0.15, 0.2) is 18.5 Å². The fourth-order valence-corrected chi connectivity index (χ4v) is 1.59. The third-order valence-corrected chi connectivity index (χ3v) is 2.49. The van der Waals surface area contributed by atoms with Crippen molar-refractivity contribution in [2.75, 3.05) is 24.2 Å². The number of hydrogen-bond donors (Lipinski definition) is 3. The molecule has 0 fully saturated rings. The summed E-state index contributed by atoms with van der Waals surface area (Å²) < 4.78 is 0. The Labute approximate surface area is 97.1 Å². The van der Waals surface area contributed by atoms with E-state index in [4.69, 9.17) is 0 Å². The summed E-state index contributed by atoms with van der Waals surface area (Å²) in [7, 11) is 1.86. The van der Waals surface area contributed by atoms with Crippen LogP contribution in [0.1, 0.15) is 26.7 Å². The minimum atomic E-state index is -0.662. The third-order valence-electron chi connectivity index (χ3n) is 2.49. The molecule has 16 heavy (non-hydrogen) atoms. The molecule has 4 heteroatoms. The van der Waals surface area contributed by atoms with Crippen LogP contribution in [-0.2, 0) is 0 Å². The Kier molecular flexibility index (Phi) is 4.55. The Hall–Kier alpha value is -1.29. The van der Waals surface area contributed by atoms with Gasteiger partial charge in [-0.3, -0.25) is 4.98 Å². The molecule has 1 unspecified atom stereocenters. The standard InChI is InChI=1S/C12H21N3O/c1-4-5-12(2,16)9-15-11-6-10(13-3)7-14-8-11/h6-8,13,15-16H,4-5,9H2,1-3H3. The largest absolute Gasteiger partial charge is 0.388 e. The molecule has 0 saturated carbocycles. The molecule has 1 heterocycles. The highest BCUT2D eigenvalue weighted by Crippen LogP contribution is 2.16. The minimum Gasteiger partial charge on any atom is -0.388 e. The molecule has 0 spiro atoms. The second-order valence-corrected chi connectivity index (χ2v) is 4.31. The van der Waals surface area contributed by atoms with Gasteiger partial charge in [0.15, 0.2) is 0 Å². The number of aliphatic hydroxyl groups is 1. The summed E-state index contributed by atoms with van der Waals surface area (Å²) in [4.78, 5) is 4.10. The molecule has 90 valence electrons. The first kappa shape index (κ1) is 12.8. The van der Waals surface area contributed by atoms with Gasteiger partial charge in [0.2, 0.25) is 0 Å². The third kappa shape index (κ3) is 4.06. The van der Waals surface area contributed by atoms with Crippen molar-refractivity contribution in [3.05, 3.63) is 18.5 Å². The van der Waals surface area contributed by atoms with Crippen LogP contribution in [0.3, 0.4) is 0 Å². The molecule has 1 rings (SSSR count). The average molecular weight is 223 g/mol. The highest BCUT2D eigenvalue weighted by Gasteiger charge is 2.18. The predicted octanol–water partition coefficient (Wildman–Crippen LogP) is 2.09. The molecule has 0 aliphatic heterocycles. The number of nitrogens with one attached hydrogen (secondary N) is 2. The van der Waals surface area contributed by atoms with E-state index < -0.39 is 5.60 Å². The lowest BCUT2D eigenvalue weighted by Gasteiger charge is -2.23. The van der Waals surface area contributed by atoms with Crippen molar-refractivity contribution in [2.45, 2.75) is 32.3 Å². The van der Waals surface area contributed by atoms with Gasteiger partial charge in [0.05, 0.1) is 29.4 Å². The van der Waals surface area contributed by atoms with Crippen LogP contribution in [0.5, 0.6) is 0 Å². The topological polar surface area (TPSA) is 57.2 Å². The molecule has 0 amide bonds. The maximum Gasteiger partial charge on any atom is 0.0791 e. The Balaban J connectivity index is 2.53. The van der Waals surface area contributed by atoms with E-state index in [9.17, 15) is 5.11 Å². The molecule has 0 aromatic carbocycles. The summed E-state index contributed by atoms with van der Waals surface area (Å²) in [6, 6.07) is 1.97. The second-order valence-electron chi connectivity index (χ2n) is 4.31. The highest BCUT2D eigenvalue weighted by molar-refractivity contribution is 5.53. The molecule has 4 nitrogen and oxygen atoms in total. The Morgan fingerprint density at radius 2 is 2.06 bits per heavy atom. The summed E-state index contributed by atoms with van der Waals surface area (Å²) in [5, 5.41) is 16.2. The fraction of sp³-hybridized carbons (Fsp3) is 0.583. The average Bonchev–Trinajstić information content (AvgIpc) is 2.27. The summed E-state index contributed by atoms with van der Waals surface area (Å²) in [5.74, 6) is 0. The summed E-state index contributed by atoms with van der Waals surface area (Å²) in [6.45, 7) is 4.45. The van der Waals surface area contributed by atoms with Gasteiger partial charge in [0, 0.05) is 13.6 Å². The van der Waals surface area contributed by atoms with E-state index in [1.807, 2.05) is 20.0 Å². The molecule has 0 bridgehead atoms. The maximum absolute atomic E-state index is 10.0. The van der Waals surface area contributed by atoms with Crippen molar-refractivity contribution < 1.29 is 5.11 Å². The number of aromatic nitrogens is 1. The van der Waals surface area contributed by atoms with Gasteiger partial charge in [-0.25, -0.2) is 0 Å². The molecule has 0 saturated heterocycles. The molecular weight excluding hydrogens is 202 g/mol. The Bertz CT molecular complexity index is 326. The van der Waals surface area contributed by atoms with Crippen LogP contribution < -0.4 is 10.6 Å². The number of anilines is 2. The maximum atomic E-state index is 10.0. The van der Waals surface area contributed by atoms with Gasteiger partial charge in [0.25, 0.3) is 0 Å². The summed E-state index contributed by atoms with van der Waals surface area (Å²) in [6.07, 6.45) is 5.28. The monoisotopic (exact) mass is 223 g/mol. The SMILES string of the molecule is CCCC(C)(O)CNc1cncc(NC)c1. The van der Waals surface area contributed by atoms with Crippen LogP contribution in [0.25, 0.3) is 0 Å². The molecule has 0 radical (unpaired) electrons. The number of rotatable bonds is 6. The molecule has 0 aliphatic carbocycles. The number of pyridine rings is 1. The van der Waals surface area contributed by atoms with Crippen LogP contribution >= 0.6 is 0 Å². The predicted molar refractivity (Wildman–Crippen MR) is 67.8 cm³/mol. The van der Waals surface area contributed by atoms with Crippen LogP contribution in [0.2, 0.25) is 0 Å². The molecule has 1 aromatic heterocycles. The Morgan fingerprint density at radius 1 is 1.38 bits per heavy atom. The first-order valence-electron chi connectivity index (χ1n) is 5.66. The van der Waals surface area contributed by atoms with E-state index >= 15 is 0 Å². The van der Waals surface area contributed by atoms with Gasteiger partial charge in [-0.1, -0.05) is 13.3 Å². The fourth-order valence-electron chi connectivity index (χ4n) is 1.59. The zero-order chi connectivity index (χ0) is 12.0. The Morgan fingerprint density at radius 3 is 2.69 bits per heavy atom. The van der Waals surface area contributed by atoms with Crippen molar-refractivity contribution >= 4 is 11.4 Å². The van der Waals surface area contributed by atoms with Crippen molar-refractivity contribution in [3.8, 4) is 0 Å². The van der Waals surface area contributed by atoms with E-state index in [-0.39, 0.29) is 0 Å². The van der Waals surface area contributed by atoms with Crippen molar-refractivity contribution in [3.63, 3.8) is 0 Å². The molecule has 0 aliphatic rings. The first-order valence-corrected chi connectivity index (χ1v) is 5.66. The zero-order valence-corrected chi connectivity index (χ0v) is 10.2. The normalized spacial score (nSPS) is 14.2. The first-order chi connectivity index (χ1) is 7.57. The smallest absolute Gasteiger partial charge is 0.0791 e. The number of nitrogens with zero attached hydrogens (tertiary/aromatic N) is 1. The van der Waals surface area contributed by atoms with Gasteiger partial charge in [-0.2, -0.15) is 0 Å². The number of hydrogen-bond acceptors (Lipinski definition) is 4. The van der Waals surface area contributed by atoms with Crippen LogP contribution in [-0.4, -0.2) is 29.3 Å².